The van der Waals surface area contributed by atoms with E-state index in [0.29, 0.717) is 24.4 Å². The fourth-order valence-electron chi connectivity index (χ4n) is 3.93. The highest BCUT2D eigenvalue weighted by Crippen LogP contribution is 2.31. The first kappa shape index (κ1) is 28.5. The number of nitrogens with two attached hydrogens (primary N) is 1. The maximum absolute atomic E-state index is 14.2. The van der Waals surface area contributed by atoms with Crippen molar-refractivity contribution in [3.05, 3.63) is 65.4 Å². The second-order valence-electron chi connectivity index (χ2n) is 9.99. The Morgan fingerprint density at radius 3 is 2.42 bits per heavy atom. The van der Waals surface area contributed by atoms with Gasteiger partial charge in [0.25, 0.3) is 11.8 Å². The third kappa shape index (κ3) is 6.91. The van der Waals surface area contributed by atoms with E-state index in [-0.39, 0.29) is 30.6 Å². The SMILES string of the molecule is CC(C)(C)OC(=O)NCC1CN(C(=O)c2ccc(Nc3oc(-c4c(F)cccc4F)nc3C(N)=O)cc2)CCO1. The van der Waals surface area contributed by atoms with Gasteiger partial charge in [0.2, 0.25) is 11.8 Å². The van der Waals surface area contributed by atoms with E-state index >= 15 is 0 Å². The minimum absolute atomic E-state index is 0.180. The molecule has 2 aromatic carbocycles. The van der Waals surface area contributed by atoms with Crippen LogP contribution in [0.25, 0.3) is 11.5 Å². The first-order chi connectivity index (χ1) is 18.9. The molecule has 0 spiro atoms. The topological polar surface area (TPSA) is 149 Å². The van der Waals surface area contributed by atoms with Crippen molar-refractivity contribution in [2.45, 2.75) is 32.5 Å². The number of halogens is 2. The molecule has 0 radical (unpaired) electrons. The number of anilines is 2. The van der Waals surface area contributed by atoms with Gasteiger partial charge in [0.1, 0.15) is 22.8 Å². The van der Waals surface area contributed by atoms with Gasteiger partial charge < -0.3 is 35.2 Å². The molecule has 1 unspecified atom stereocenters. The van der Waals surface area contributed by atoms with Gasteiger partial charge in [-0.3, -0.25) is 9.59 Å². The Bertz CT molecular complexity index is 1380. The molecule has 3 amide bonds. The first-order valence-corrected chi connectivity index (χ1v) is 12.4. The lowest BCUT2D eigenvalue weighted by atomic mass is 10.1. The predicted molar refractivity (Wildman–Crippen MR) is 140 cm³/mol. The Morgan fingerprint density at radius 2 is 1.80 bits per heavy atom. The second-order valence-corrected chi connectivity index (χ2v) is 9.99. The molecular weight excluding hydrogens is 528 g/mol. The molecule has 0 aliphatic carbocycles. The number of benzene rings is 2. The largest absolute Gasteiger partial charge is 0.444 e. The molecule has 212 valence electrons. The maximum atomic E-state index is 14.2. The number of hydrogen-bond acceptors (Lipinski definition) is 8. The molecule has 1 fully saturated rings. The molecule has 1 atom stereocenters. The van der Waals surface area contributed by atoms with Crippen LogP contribution in [0, 0.1) is 11.6 Å². The van der Waals surface area contributed by atoms with Crippen molar-refractivity contribution in [1.82, 2.24) is 15.2 Å². The smallest absolute Gasteiger partial charge is 0.407 e. The molecule has 11 nitrogen and oxygen atoms in total. The summed E-state index contributed by atoms with van der Waals surface area (Å²) < 4.78 is 44.7. The van der Waals surface area contributed by atoms with Crippen molar-refractivity contribution in [3.8, 4) is 11.5 Å². The summed E-state index contributed by atoms with van der Waals surface area (Å²) in [7, 11) is 0. The minimum Gasteiger partial charge on any atom is -0.444 e. The van der Waals surface area contributed by atoms with Crippen molar-refractivity contribution in [2.75, 3.05) is 31.6 Å². The van der Waals surface area contributed by atoms with E-state index in [1.54, 1.807) is 49.9 Å². The van der Waals surface area contributed by atoms with Gasteiger partial charge in [-0.15, -0.1) is 0 Å². The highest BCUT2D eigenvalue weighted by molar-refractivity contribution is 5.97. The third-order valence-corrected chi connectivity index (χ3v) is 5.73. The van der Waals surface area contributed by atoms with E-state index in [4.69, 9.17) is 19.6 Å². The number of alkyl carbamates (subject to hydrolysis) is 1. The van der Waals surface area contributed by atoms with Crippen molar-refractivity contribution in [3.63, 3.8) is 0 Å². The van der Waals surface area contributed by atoms with Crippen LogP contribution in [-0.4, -0.2) is 65.7 Å². The van der Waals surface area contributed by atoms with Gasteiger partial charge in [-0.05, 0) is 57.2 Å². The average Bonchev–Trinajstić information content (AvgIpc) is 3.30. The Morgan fingerprint density at radius 1 is 1.12 bits per heavy atom. The maximum Gasteiger partial charge on any atom is 0.407 e. The van der Waals surface area contributed by atoms with Crippen LogP contribution in [0.1, 0.15) is 41.6 Å². The molecule has 1 saturated heterocycles. The van der Waals surface area contributed by atoms with Crippen LogP contribution in [0.2, 0.25) is 0 Å². The van der Waals surface area contributed by atoms with Gasteiger partial charge in [0.15, 0.2) is 5.69 Å². The number of hydrogen-bond donors (Lipinski definition) is 3. The van der Waals surface area contributed by atoms with Crippen LogP contribution in [-0.2, 0) is 9.47 Å². The zero-order valence-corrected chi connectivity index (χ0v) is 22.1. The van der Waals surface area contributed by atoms with Crippen molar-refractivity contribution < 1.29 is 37.1 Å². The summed E-state index contributed by atoms with van der Waals surface area (Å²) in [6.45, 7) is 6.41. The van der Waals surface area contributed by atoms with Gasteiger partial charge in [0.05, 0.1) is 12.7 Å². The Kier molecular flexibility index (Phi) is 8.33. The highest BCUT2D eigenvalue weighted by Gasteiger charge is 2.27. The summed E-state index contributed by atoms with van der Waals surface area (Å²) in [6.07, 6.45) is -0.974. The summed E-state index contributed by atoms with van der Waals surface area (Å²) in [6, 6.07) is 9.49. The van der Waals surface area contributed by atoms with Crippen LogP contribution in [0.15, 0.2) is 46.9 Å². The number of rotatable bonds is 7. The number of ether oxygens (including phenoxy) is 2. The molecule has 13 heteroatoms. The minimum atomic E-state index is -0.968. The molecule has 0 bridgehead atoms. The summed E-state index contributed by atoms with van der Waals surface area (Å²) in [5.41, 5.74) is 4.64. The van der Waals surface area contributed by atoms with Gasteiger partial charge in [0, 0.05) is 30.9 Å². The van der Waals surface area contributed by atoms with Gasteiger partial charge >= 0.3 is 6.09 Å². The summed E-state index contributed by atoms with van der Waals surface area (Å²) in [5.74, 6) is -3.72. The molecule has 2 heterocycles. The van der Waals surface area contributed by atoms with E-state index in [9.17, 15) is 23.2 Å². The van der Waals surface area contributed by atoms with E-state index in [1.165, 1.54) is 6.07 Å². The predicted octanol–water partition coefficient (Wildman–Crippen LogP) is 3.83. The second kappa shape index (κ2) is 11.7. The molecule has 0 saturated carbocycles. The number of nitrogens with zero attached hydrogens (tertiary/aromatic N) is 2. The van der Waals surface area contributed by atoms with Crippen LogP contribution in [0.4, 0.5) is 25.1 Å². The standard InChI is InChI=1S/C27H29F2N5O6/c1-27(2,3)40-26(37)31-13-17-14-34(11-12-38-17)25(36)15-7-9-16(10-8-15)32-24-21(22(30)35)33-23(39-24)20-18(28)5-4-6-19(20)29/h4-10,17,32H,11-14H2,1-3H3,(H2,30,35)(H,31,37). The normalized spacial score (nSPS) is 15.4. The lowest BCUT2D eigenvalue weighted by molar-refractivity contribution is -0.0218. The zero-order chi connectivity index (χ0) is 29.0. The van der Waals surface area contributed by atoms with Crippen LogP contribution >= 0.6 is 0 Å². The highest BCUT2D eigenvalue weighted by atomic mass is 19.1. The number of aromatic nitrogens is 1. The van der Waals surface area contributed by atoms with E-state index in [2.05, 4.69) is 15.6 Å². The first-order valence-electron chi connectivity index (χ1n) is 12.4. The summed E-state index contributed by atoms with van der Waals surface area (Å²) in [5, 5.41) is 5.46. The third-order valence-electron chi connectivity index (χ3n) is 5.73. The number of carbonyl (C=O) groups is 3. The molecule has 3 aromatic rings. The molecule has 1 aliphatic heterocycles. The van der Waals surface area contributed by atoms with Crippen LogP contribution in [0.5, 0.6) is 0 Å². The summed E-state index contributed by atoms with van der Waals surface area (Å²) in [4.78, 5) is 42.4. The van der Waals surface area contributed by atoms with Crippen molar-refractivity contribution >= 4 is 29.5 Å². The fraction of sp³-hybridized carbons (Fsp3) is 0.333. The number of amides is 3. The molecule has 1 aromatic heterocycles. The number of oxazole rings is 1. The number of primary amides is 1. The number of nitrogens with one attached hydrogen (secondary N) is 2. The number of morpholine rings is 1. The molecular formula is C27H29F2N5O6. The Balaban J connectivity index is 1.41. The van der Waals surface area contributed by atoms with Gasteiger partial charge in [-0.1, -0.05) is 6.07 Å². The monoisotopic (exact) mass is 557 g/mol. The molecule has 40 heavy (non-hydrogen) atoms. The van der Waals surface area contributed by atoms with Crippen molar-refractivity contribution in [1.29, 1.82) is 0 Å². The lowest BCUT2D eigenvalue weighted by Gasteiger charge is -2.33. The van der Waals surface area contributed by atoms with E-state index in [0.717, 1.165) is 12.1 Å². The zero-order valence-electron chi connectivity index (χ0n) is 22.1. The Hall–Kier alpha value is -4.52. The fourth-order valence-corrected chi connectivity index (χ4v) is 3.93. The van der Waals surface area contributed by atoms with Gasteiger partial charge in [-0.25, -0.2) is 18.6 Å². The average molecular weight is 558 g/mol. The Labute approximate surface area is 228 Å². The number of carbonyl (C=O) groups excluding carboxylic acids is 3. The van der Waals surface area contributed by atoms with Crippen molar-refractivity contribution in [2.24, 2.45) is 5.73 Å². The molecule has 1 aliphatic rings. The quantitative estimate of drug-likeness (QED) is 0.397. The van der Waals surface area contributed by atoms with Crippen LogP contribution in [0.3, 0.4) is 0 Å². The van der Waals surface area contributed by atoms with Gasteiger partial charge in [-0.2, -0.15) is 0 Å². The summed E-state index contributed by atoms with van der Waals surface area (Å²) >= 11 is 0. The van der Waals surface area contributed by atoms with E-state index < -0.39 is 46.8 Å². The molecule has 4 rings (SSSR count). The van der Waals surface area contributed by atoms with Crippen LogP contribution < -0.4 is 16.4 Å². The molecule has 4 N–H and O–H groups in total. The van der Waals surface area contributed by atoms with E-state index in [1.807, 2.05) is 0 Å². The lowest BCUT2D eigenvalue weighted by Crippen LogP contribution is -2.50.